The zero-order valence-electron chi connectivity index (χ0n) is 79.6. The van der Waals surface area contributed by atoms with Crippen LogP contribution in [0.3, 0.4) is 0 Å². The second-order valence-corrected chi connectivity index (χ2v) is 43.2. The third kappa shape index (κ3) is 30.0. The lowest BCUT2D eigenvalue weighted by atomic mass is 9.83. The summed E-state index contributed by atoms with van der Waals surface area (Å²) < 4.78 is 0. The third-order valence-corrected chi connectivity index (χ3v) is 33.2. The maximum absolute atomic E-state index is 12.7. The fourth-order valence-electron chi connectivity index (χ4n) is 23.0. The van der Waals surface area contributed by atoms with Crippen LogP contribution in [0.1, 0.15) is 330 Å². The van der Waals surface area contributed by atoms with Crippen molar-refractivity contribution in [1.29, 1.82) is 0 Å². The van der Waals surface area contributed by atoms with Gasteiger partial charge in [-0.2, -0.15) is 0 Å². The van der Waals surface area contributed by atoms with E-state index < -0.39 is 0 Å². The van der Waals surface area contributed by atoms with Crippen molar-refractivity contribution < 1.29 is 47.9 Å². The second-order valence-electron chi connectivity index (χ2n) is 43.2. The summed E-state index contributed by atoms with van der Waals surface area (Å²) in [5.41, 5.74) is 0.759. The molecule has 0 aromatic heterocycles. The minimum absolute atomic E-state index is 0.117. The molecule has 1 aromatic rings. The average molecular weight is 1720 g/mol. The van der Waals surface area contributed by atoms with Crippen LogP contribution in [-0.2, 0) is 43.2 Å². The summed E-state index contributed by atoms with van der Waals surface area (Å²) in [5, 5.41) is 0. The molecule has 0 bridgehead atoms. The van der Waals surface area contributed by atoms with Gasteiger partial charge in [-0.05, 0) is 281 Å². The van der Waals surface area contributed by atoms with Gasteiger partial charge in [0.05, 0.1) is 0 Å². The quantitative estimate of drug-likeness (QED) is 0.121. The van der Waals surface area contributed by atoms with Crippen LogP contribution in [0.2, 0.25) is 0 Å². The van der Waals surface area contributed by atoms with E-state index in [0.29, 0.717) is 133 Å². The Hall–Kier alpha value is -6.08. The summed E-state index contributed by atoms with van der Waals surface area (Å²) in [7, 11) is 0. The summed E-state index contributed by atoms with van der Waals surface area (Å²) in [6.45, 7) is 40.8. The van der Waals surface area contributed by atoms with Crippen molar-refractivity contribution in [2.75, 3.05) is 131 Å². The predicted octanol–water partition coefficient (Wildman–Crippen LogP) is 17.8. The number of nitrogens with zero attached hydrogens (tertiary/aromatic N) is 10. The van der Waals surface area contributed by atoms with Gasteiger partial charge in [0.2, 0.25) is 53.2 Å². The number of likely N-dealkylation sites (tertiary alicyclic amines) is 10. The van der Waals surface area contributed by atoms with E-state index in [1.165, 1.54) is 38.5 Å². The van der Waals surface area contributed by atoms with Crippen LogP contribution in [0.25, 0.3) is 0 Å². The van der Waals surface area contributed by atoms with Gasteiger partial charge in [-0.25, -0.2) is 0 Å². The van der Waals surface area contributed by atoms with Gasteiger partial charge in [-0.1, -0.05) is 126 Å². The number of rotatable bonds is 20. The predicted molar refractivity (Wildman–Crippen MR) is 495 cm³/mol. The first-order valence-electron chi connectivity index (χ1n) is 51.6. The Labute approximate surface area is 750 Å². The second kappa shape index (κ2) is 49.6. The highest BCUT2D eigenvalue weighted by Crippen LogP contribution is 2.39. The molecule has 10 saturated heterocycles. The average Bonchev–Trinajstić information content (AvgIpc) is 1.79. The molecule has 20 heteroatoms. The van der Waals surface area contributed by atoms with Crippen molar-refractivity contribution in [3.8, 4) is 0 Å². The molecule has 14 fully saturated rings. The molecule has 0 N–H and O–H groups in total. The molecule has 0 unspecified atom stereocenters. The lowest BCUT2D eigenvalue weighted by Gasteiger charge is -2.38. The number of amides is 10. The van der Waals surface area contributed by atoms with E-state index in [0.717, 1.165) is 375 Å². The van der Waals surface area contributed by atoms with E-state index in [2.05, 4.69) is 108 Å². The molecule has 15 rings (SSSR count). The van der Waals surface area contributed by atoms with Crippen LogP contribution in [0.15, 0.2) is 30.3 Å². The standard InChI is InChI=1S/C22H38N2O2.C22H32N2O2.C21H36N2O2.C20H34N2O2.C19H32N2O2/c2*1-17(2)19-10-14-23(15-11-19)21(25)16-18-8-12-24(13-9-18)22(26)20-6-4-3-5-7-20;1-16(2)18-9-13-22(14-10-18)20(24)15-17-7-11-23(12-8-17)21(25)19-5-3-4-6-19;1-15(2)17-8-12-21(13-9-17)19(23)14-16-6-10-22(11-7-16)20(24)18-4-3-5-18;1-14(2)16-7-11-20(12-8-16)18(22)13-15-5-9-21(10-6-15)19(23)17-3-4-17/h17-20H,3-16H2,1-2H3;3-7,17-19H,8-16H2,1-2H3;16-19H,3-15H2,1-2H3;15-18H,3-14H2,1-2H3;14-17H,3-13H2,1-2H3. The molecule has 20 nitrogen and oxygen atoms in total. The monoisotopic (exact) mass is 1720 g/mol. The van der Waals surface area contributed by atoms with Crippen LogP contribution < -0.4 is 0 Å². The highest BCUT2D eigenvalue weighted by atomic mass is 16.2. The minimum atomic E-state index is 0.117. The molecule has 0 atom stereocenters. The Morgan fingerprint density at radius 1 is 0.218 bits per heavy atom. The maximum atomic E-state index is 12.7. The van der Waals surface area contributed by atoms with E-state index in [1.807, 2.05) is 40.1 Å². The molecule has 4 saturated carbocycles. The molecule has 0 radical (unpaired) electrons. The van der Waals surface area contributed by atoms with E-state index in [9.17, 15) is 47.9 Å². The molecule has 10 heterocycles. The first kappa shape index (κ1) is 98.5. The van der Waals surface area contributed by atoms with Crippen LogP contribution in [0.4, 0.5) is 0 Å². The molecular weight excluding hydrogens is 1550 g/mol. The number of hydrogen-bond acceptors (Lipinski definition) is 10. The largest absolute Gasteiger partial charge is 0.343 e. The number of hydrogen-bond donors (Lipinski definition) is 0. The van der Waals surface area contributed by atoms with Gasteiger partial charge in [0.25, 0.3) is 5.91 Å². The Balaban J connectivity index is 0.000000151. The molecule has 124 heavy (non-hydrogen) atoms. The van der Waals surface area contributed by atoms with Crippen LogP contribution >= 0.6 is 0 Å². The smallest absolute Gasteiger partial charge is 0.253 e. The number of carbonyl (C=O) groups is 10. The van der Waals surface area contributed by atoms with Crippen molar-refractivity contribution in [2.45, 2.75) is 320 Å². The topological polar surface area (TPSA) is 203 Å². The number of piperidine rings is 10. The van der Waals surface area contributed by atoms with Gasteiger partial charge in [-0.3, -0.25) is 47.9 Å². The Kier molecular flexibility index (Phi) is 39.4. The number of carbonyl (C=O) groups excluding carboxylic acids is 10. The molecule has 0 spiro atoms. The molecular formula is C104H172N10O10. The summed E-state index contributed by atoms with van der Waals surface area (Å²) in [6, 6.07) is 9.48. The number of benzene rings is 1. The first-order chi connectivity index (χ1) is 59.7. The molecule has 10 aliphatic heterocycles. The van der Waals surface area contributed by atoms with Crippen molar-refractivity contribution >= 4 is 59.1 Å². The van der Waals surface area contributed by atoms with E-state index in [1.54, 1.807) is 0 Å². The zero-order chi connectivity index (χ0) is 88.3. The van der Waals surface area contributed by atoms with Crippen LogP contribution in [-0.4, -0.2) is 239 Å². The van der Waals surface area contributed by atoms with Gasteiger partial charge in [0, 0.05) is 192 Å². The van der Waals surface area contributed by atoms with E-state index >= 15 is 0 Å². The van der Waals surface area contributed by atoms with Gasteiger partial charge in [-0.15, -0.1) is 0 Å². The highest BCUT2D eigenvalue weighted by Gasteiger charge is 2.40. The third-order valence-electron chi connectivity index (χ3n) is 33.2. The first-order valence-corrected chi connectivity index (χ1v) is 51.6. The van der Waals surface area contributed by atoms with Gasteiger partial charge >= 0.3 is 0 Å². The summed E-state index contributed by atoms with van der Waals surface area (Å²) in [4.78, 5) is 146. The molecule has 1 aromatic carbocycles. The van der Waals surface area contributed by atoms with Gasteiger partial charge in [0.15, 0.2) is 0 Å². The SMILES string of the molecule is CC(C)C1CCN(C(=O)CC2CCN(C(=O)C3CC3)CC2)CC1.CC(C)C1CCN(C(=O)CC2CCN(C(=O)C3CCC3)CC2)CC1.CC(C)C1CCN(C(=O)CC2CCN(C(=O)C3CCCC3)CC2)CC1.CC(C)C1CCN(C(=O)CC2CCN(C(=O)C3CCCCC3)CC2)CC1.CC(C)C1CCN(C(=O)CC2CCN(C(=O)c3ccccc3)CC2)CC1. The van der Waals surface area contributed by atoms with Crippen LogP contribution in [0.5, 0.6) is 0 Å². The summed E-state index contributed by atoms with van der Waals surface area (Å²) >= 11 is 0. The molecule has 14 aliphatic rings. The Morgan fingerprint density at radius 2 is 0.403 bits per heavy atom. The minimum Gasteiger partial charge on any atom is -0.343 e. The van der Waals surface area contributed by atoms with Gasteiger partial charge < -0.3 is 49.0 Å². The fraction of sp³-hybridized carbons (Fsp3) is 0.846. The normalized spacial score (nSPS) is 23.3. The van der Waals surface area contributed by atoms with Crippen molar-refractivity contribution in [1.82, 2.24) is 49.0 Å². The highest BCUT2D eigenvalue weighted by molar-refractivity contribution is 5.94. The lowest BCUT2D eigenvalue weighted by Crippen LogP contribution is -2.45. The Morgan fingerprint density at radius 3 is 0.597 bits per heavy atom. The molecule has 4 aliphatic carbocycles. The van der Waals surface area contributed by atoms with Crippen molar-refractivity contribution in [3.05, 3.63) is 35.9 Å². The lowest BCUT2D eigenvalue weighted by molar-refractivity contribution is -0.141. The van der Waals surface area contributed by atoms with Crippen molar-refractivity contribution in [3.63, 3.8) is 0 Å². The maximum Gasteiger partial charge on any atom is 0.253 e. The molecule has 698 valence electrons. The van der Waals surface area contributed by atoms with E-state index in [4.69, 9.17) is 0 Å². The Bertz CT molecular complexity index is 3430. The zero-order valence-corrected chi connectivity index (χ0v) is 79.6. The summed E-state index contributed by atoms with van der Waals surface area (Å²) in [6.07, 6.45) is 41.0. The van der Waals surface area contributed by atoms with Crippen molar-refractivity contribution in [2.24, 2.45) is 112 Å². The van der Waals surface area contributed by atoms with Gasteiger partial charge in [0.1, 0.15) is 0 Å². The summed E-state index contributed by atoms with van der Waals surface area (Å²) in [5.74, 6) is 14.5. The van der Waals surface area contributed by atoms with Crippen LogP contribution in [0, 0.1) is 112 Å². The fourth-order valence-corrected chi connectivity index (χ4v) is 23.0. The molecule has 10 amide bonds. The van der Waals surface area contributed by atoms with E-state index in [-0.39, 0.29) is 11.8 Å².